The Labute approximate surface area is 188 Å². The fraction of sp³-hybridized carbons (Fsp3) is 0.500. The molecule has 1 aromatic heterocycles. The standard InChI is InChI=1S/C22H31N3O6S/c1-6-19-17(8-7-9-18(20(26)27)24-21(28)31-22(3,4)5)23-14-25(19)32(29,30)16-12-10-15(2)11-13-16/h10-14,18H,6-9H2,1-5H3,(H,24,28)(H,26,27)/t18-/m0/s1. The molecule has 2 rings (SSSR count). The molecule has 0 fully saturated rings. The second-order valence-corrected chi connectivity index (χ2v) is 10.3. The van der Waals surface area contributed by atoms with Gasteiger partial charge in [-0.2, -0.15) is 0 Å². The number of imidazole rings is 1. The Morgan fingerprint density at radius 3 is 2.38 bits per heavy atom. The zero-order valence-corrected chi connectivity index (χ0v) is 19.9. The lowest BCUT2D eigenvalue weighted by Crippen LogP contribution is -2.43. The van der Waals surface area contributed by atoms with Crippen molar-refractivity contribution >= 4 is 22.1 Å². The van der Waals surface area contributed by atoms with Crippen molar-refractivity contribution in [3.63, 3.8) is 0 Å². The van der Waals surface area contributed by atoms with Crippen LogP contribution in [0.15, 0.2) is 35.5 Å². The van der Waals surface area contributed by atoms with E-state index in [1.165, 1.54) is 10.3 Å². The number of alkyl carbamates (subject to hydrolysis) is 1. The van der Waals surface area contributed by atoms with Gasteiger partial charge in [0.2, 0.25) is 0 Å². The molecule has 0 radical (unpaired) electrons. The van der Waals surface area contributed by atoms with Crippen LogP contribution in [-0.2, 0) is 32.4 Å². The maximum atomic E-state index is 13.0. The number of ether oxygens (including phenoxy) is 1. The zero-order valence-electron chi connectivity index (χ0n) is 19.1. The van der Waals surface area contributed by atoms with Gasteiger partial charge in [-0.05, 0) is 65.5 Å². The van der Waals surface area contributed by atoms with E-state index in [2.05, 4.69) is 10.3 Å². The Bertz CT molecular complexity index is 1050. The average Bonchev–Trinajstić information content (AvgIpc) is 3.09. The lowest BCUT2D eigenvalue weighted by molar-refractivity contribution is -0.139. The fourth-order valence-corrected chi connectivity index (χ4v) is 4.58. The zero-order chi connectivity index (χ0) is 24.1. The van der Waals surface area contributed by atoms with Gasteiger partial charge in [0, 0.05) is 0 Å². The van der Waals surface area contributed by atoms with Crippen LogP contribution in [-0.4, -0.2) is 46.2 Å². The van der Waals surface area contributed by atoms with E-state index in [9.17, 15) is 23.1 Å². The van der Waals surface area contributed by atoms with E-state index in [1.807, 2.05) is 13.8 Å². The van der Waals surface area contributed by atoms with Gasteiger partial charge in [-0.1, -0.05) is 24.6 Å². The third kappa shape index (κ3) is 6.56. The van der Waals surface area contributed by atoms with Crippen molar-refractivity contribution in [1.29, 1.82) is 0 Å². The minimum Gasteiger partial charge on any atom is -0.480 e. The number of carboxylic acids is 1. The number of hydrogen-bond acceptors (Lipinski definition) is 6. The van der Waals surface area contributed by atoms with Crippen molar-refractivity contribution in [1.82, 2.24) is 14.3 Å². The normalized spacial score (nSPS) is 12.9. The SMILES string of the molecule is CCc1c(CCC[C@H](NC(=O)OC(C)(C)C)C(=O)O)ncn1S(=O)(=O)c1ccc(C)cc1. The topological polar surface area (TPSA) is 128 Å². The van der Waals surface area contributed by atoms with Gasteiger partial charge >= 0.3 is 12.1 Å². The molecule has 0 saturated carbocycles. The molecular formula is C22H31N3O6S. The number of benzene rings is 1. The van der Waals surface area contributed by atoms with Crippen molar-refractivity contribution in [3.05, 3.63) is 47.5 Å². The smallest absolute Gasteiger partial charge is 0.408 e. The third-order valence-electron chi connectivity index (χ3n) is 4.73. The summed E-state index contributed by atoms with van der Waals surface area (Å²) in [5.74, 6) is -1.17. The number of rotatable bonds is 9. The second-order valence-electron chi connectivity index (χ2n) is 8.53. The first-order chi connectivity index (χ1) is 14.8. The predicted molar refractivity (Wildman–Crippen MR) is 119 cm³/mol. The van der Waals surface area contributed by atoms with E-state index in [-0.39, 0.29) is 11.3 Å². The Balaban J connectivity index is 2.10. The van der Waals surface area contributed by atoms with E-state index in [1.54, 1.807) is 45.0 Å². The van der Waals surface area contributed by atoms with Crippen LogP contribution in [0.25, 0.3) is 0 Å². The fourth-order valence-electron chi connectivity index (χ4n) is 3.17. The highest BCUT2D eigenvalue weighted by atomic mass is 32.2. The number of carbonyl (C=O) groups excluding carboxylic acids is 1. The average molecular weight is 466 g/mol. The summed E-state index contributed by atoms with van der Waals surface area (Å²) >= 11 is 0. The number of carboxylic acid groups (broad SMARTS) is 1. The molecule has 10 heteroatoms. The molecule has 2 aromatic rings. The molecule has 176 valence electrons. The van der Waals surface area contributed by atoms with Gasteiger partial charge < -0.3 is 15.2 Å². The molecule has 0 aliphatic rings. The number of nitrogens with zero attached hydrogens (tertiary/aromatic N) is 2. The van der Waals surface area contributed by atoms with Gasteiger partial charge in [0.05, 0.1) is 16.3 Å². The second kappa shape index (κ2) is 10.2. The molecule has 0 bridgehead atoms. The molecular weight excluding hydrogens is 434 g/mol. The summed E-state index contributed by atoms with van der Waals surface area (Å²) in [6, 6.07) is 5.47. The predicted octanol–water partition coefficient (Wildman–Crippen LogP) is 3.29. The van der Waals surface area contributed by atoms with E-state index in [0.717, 1.165) is 5.56 Å². The highest BCUT2D eigenvalue weighted by Gasteiger charge is 2.25. The molecule has 9 nitrogen and oxygen atoms in total. The minimum absolute atomic E-state index is 0.148. The van der Waals surface area contributed by atoms with Gasteiger partial charge in [0.1, 0.15) is 18.0 Å². The van der Waals surface area contributed by atoms with Crippen molar-refractivity contribution in [2.75, 3.05) is 0 Å². The first kappa shape index (κ1) is 25.4. The van der Waals surface area contributed by atoms with E-state index < -0.39 is 33.7 Å². The Kier molecular flexibility index (Phi) is 8.06. The van der Waals surface area contributed by atoms with Crippen molar-refractivity contribution < 1.29 is 27.9 Å². The van der Waals surface area contributed by atoms with Gasteiger partial charge in [-0.25, -0.2) is 27.0 Å². The Morgan fingerprint density at radius 2 is 1.84 bits per heavy atom. The van der Waals surface area contributed by atoms with Gasteiger partial charge in [-0.15, -0.1) is 0 Å². The van der Waals surface area contributed by atoms with Crippen molar-refractivity contribution in [2.24, 2.45) is 0 Å². The first-order valence-corrected chi connectivity index (χ1v) is 11.9. The van der Waals surface area contributed by atoms with Crippen LogP contribution >= 0.6 is 0 Å². The van der Waals surface area contributed by atoms with E-state index >= 15 is 0 Å². The summed E-state index contributed by atoms with van der Waals surface area (Å²) in [6.45, 7) is 8.79. The molecule has 0 unspecified atom stereocenters. The Morgan fingerprint density at radius 1 is 1.22 bits per heavy atom. The molecule has 32 heavy (non-hydrogen) atoms. The molecule has 0 aliphatic carbocycles. The van der Waals surface area contributed by atoms with E-state index in [4.69, 9.17) is 4.74 Å². The van der Waals surface area contributed by atoms with Crippen LogP contribution in [0.4, 0.5) is 4.79 Å². The molecule has 1 atom stereocenters. The third-order valence-corrected chi connectivity index (χ3v) is 6.43. The number of amides is 1. The van der Waals surface area contributed by atoms with Crippen LogP contribution < -0.4 is 5.32 Å². The summed E-state index contributed by atoms with van der Waals surface area (Å²) in [7, 11) is -3.78. The first-order valence-electron chi connectivity index (χ1n) is 10.4. The van der Waals surface area contributed by atoms with Crippen LogP contribution in [0.2, 0.25) is 0 Å². The van der Waals surface area contributed by atoms with E-state index in [0.29, 0.717) is 30.7 Å². The summed E-state index contributed by atoms with van der Waals surface area (Å²) in [5.41, 5.74) is 1.36. The molecule has 1 heterocycles. The highest BCUT2D eigenvalue weighted by Crippen LogP contribution is 2.20. The maximum absolute atomic E-state index is 13.0. The maximum Gasteiger partial charge on any atom is 0.408 e. The number of aliphatic carboxylic acids is 1. The van der Waals surface area contributed by atoms with Gasteiger partial charge in [-0.3, -0.25) is 0 Å². The summed E-state index contributed by atoms with van der Waals surface area (Å²) in [5, 5.41) is 11.8. The molecule has 0 aliphatic heterocycles. The number of aryl methyl sites for hydroxylation is 2. The quantitative estimate of drug-likeness (QED) is 0.581. The number of carbonyl (C=O) groups is 2. The molecule has 2 N–H and O–H groups in total. The van der Waals surface area contributed by atoms with Crippen LogP contribution in [0.1, 0.15) is 57.5 Å². The number of hydrogen-bond donors (Lipinski definition) is 2. The minimum atomic E-state index is -3.78. The molecule has 1 amide bonds. The summed E-state index contributed by atoms with van der Waals surface area (Å²) in [6.07, 6.45) is 1.85. The van der Waals surface area contributed by atoms with Gasteiger partial charge in [0.15, 0.2) is 0 Å². The monoisotopic (exact) mass is 465 g/mol. The highest BCUT2D eigenvalue weighted by molar-refractivity contribution is 7.90. The molecule has 0 spiro atoms. The molecule has 0 saturated heterocycles. The van der Waals surface area contributed by atoms with Crippen molar-refractivity contribution in [3.8, 4) is 0 Å². The summed E-state index contributed by atoms with van der Waals surface area (Å²) < 4.78 is 32.4. The molecule has 1 aromatic carbocycles. The largest absolute Gasteiger partial charge is 0.480 e. The van der Waals surface area contributed by atoms with Crippen LogP contribution in [0.5, 0.6) is 0 Å². The van der Waals surface area contributed by atoms with Crippen LogP contribution in [0.3, 0.4) is 0 Å². The Hall–Kier alpha value is -2.88. The number of aromatic nitrogens is 2. The van der Waals surface area contributed by atoms with Gasteiger partial charge in [0.25, 0.3) is 10.0 Å². The van der Waals surface area contributed by atoms with Crippen LogP contribution in [0, 0.1) is 6.92 Å². The van der Waals surface area contributed by atoms with Crippen molar-refractivity contribution in [2.45, 2.75) is 76.8 Å². The summed E-state index contributed by atoms with van der Waals surface area (Å²) in [4.78, 5) is 27.9. The lowest BCUT2D eigenvalue weighted by atomic mass is 10.1. The lowest BCUT2D eigenvalue weighted by Gasteiger charge is -2.22. The number of nitrogens with one attached hydrogen (secondary N) is 1.